The lowest BCUT2D eigenvalue weighted by Gasteiger charge is -2.11. The Morgan fingerprint density at radius 2 is 1.77 bits per heavy atom. The summed E-state index contributed by atoms with van der Waals surface area (Å²) in [5.41, 5.74) is 0.774. The number of hydrogen-bond donors (Lipinski definition) is 0. The molecule has 68 valence electrons. The highest BCUT2D eigenvalue weighted by atomic mass is 35.5. The summed E-state index contributed by atoms with van der Waals surface area (Å²) in [7, 11) is 0. The minimum Gasteiger partial charge on any atom is -0.455 e. The molecule has 0 saturated carbocycles. The van der Waals surface area contributed by atoms with Crippen molar-refractivity contribution in [3.63, 3.8) is 0 Å². The Bertz CT molecular complexity index is 341. The fourth-order valence-electron chi connectivity index (χ4n) is 1.08. The van der Waals surface area contributed by atoms with E-state index in [9.17, 15) is 0 Å². The van der Waals surface area contributed by atoms with Crippen molar-refractivity contribution in [2.45, 2.75) is 6.29 Å². The molecular formula is C9H6Cl2O2. The molecule has 1 aromatic carbocycles. The number of halogens is 2. The van der Waals surface area contributed by atoms with E-state index in [1.807, 2.05) is 0 Å². The number of benzene rings is 1. The third kappa shape index (κ3) is 1.74. The van der Waals surface area contributed by atoms with Gasteiger partial charge in [-0.05, 0) is 18.2 Å². The van der Waals surface area contributed by atoms with Gasteiger partial charge in [-0.15, -0.1) is 0 Å². The fourth-order valence-corrected chi connectivity index (χ4v) is 1.58. The number of hydrogen-bond acceptors (Lipinski definition) is 2. The molecule has 2 nitrogen and oxygen atoms in total. The maximum atomic E-state index is 5.94. The third-order valence-electron chi connectivity index (χ3n) is 1.68. The largest absolute Gasteiger partial charge is 0.455 e. The van der Waals surface area contributed by atoms with Gasteiger partial charge in [-0.1, -0.05) is 23.2 Å². The van der Waals surface area contributed by atoms with E-state index in [0.717, 1.165) is 5.56 Å². The molecule has 0 N–H and O–H groups in total. The van der Waals surface area contributed by atoms with Crippen LogP contribution in [-0.4, -0.2) is 0 Å². The Kier molecular flexibility index (Phi) is 2.34. The van der Waals surface area contributed by atoms with Crippen molar-refractivity contribution in [1.29, 1.82) is 0 Å². The molecule has 0 aromatic heterocycles. The van der Waals surface area contributed by atoms with E-state index >= 15 is 0 Å². The first-order valence-corrected chi connectivity index (χ1v) is 4.44. The highest BCUT2D eigenvalue weighted by molar-refractivity contribution is 6.35. The summed E-state index contributed by atoms with van der Waals surface area (Å²) in [6, 6.07) is 5.18. The summed E-state index contributed by atoms with van der Waals surface area (Å²) in [6.07, 6.45) is 2.52. The van der Waals surface area contributed by atoms with Crippen LogP contribution < -0.4 is 0 Å². The second kappa shape index (κ2) is 3.48. The van der Waals surface area contributed by atoms with Gasteiger partial charge in [0.1, 0.15) is 12.5 Å². The second-order valence-electron chi connectivity index (χ2n) is 2.54. The predicted molar refractivity (Wildman–Crippen MR) is 50.5 cm³/mol. The van der Waals surface area contributed by atoms with Crippen molar-refractivity contribution in [2.24, 2.45) is 0 Å². The smallest absolute Gasteiger partial charge is 0.267 e. The van der Waals surface area contributed by atoms with Crippen LogP contribution in [0.25, 0.3) is 0 Å². The van der Waals surface area contributed by atoms with E-state index in [1.165, 1.54) is 12.5 Å². The number of ether oxygens (including phenoxy) is 2. The highest BCUT2D eigenvalue weighted by Crippen LogP contribution is 2.31. The SMILES string of the molecule is Clc1ccc(C2OC=CO2)c(Cl)c1. The van der Waals surface area contributed by atoms with E-state index in [4.69, 9.17) is 32.7 Å². The standard InChI is InChI=1S/C9H6Cl2O2/c10-6-1-2-7(8(11)5-6)9-12-3-4-13-9/h1-5,9H. The first-order valence-electron chi connectivity index (χ1n) is 3.68. The van der Waals surface area contributed by atoms with Gasteiger partial charge in [0, 0.05) is 5.02 Å². The molecule has 1 aliphatic rings. The van der Waals surface area contributed by atoms with E-state index in [1.54, 1.807) is 18.2 Å². The Hall–Kier alpha value is -0.860. The monoisotopic (exact) mass is 216 g/mol. The molecule has 0 fully saturated rings. The van der Waals surface area contributed by atoms with E-state index in [0.29, 0.717) is 10.0 Å². The molecule has 0 amide bonds. The first kappa shape index (κ1) is 8.73. The molecule has 0 spiro atoms. The predicted octanol–water partition coefficient (Wildman–Crippen LogP) is 3.51. The third-order valence-corrected chi connectivity index (χ3v) is 2.24. The average molecular weight is 217 g/mol. The molecule has 13 heavy (non-hydrogen) atoms. The van der Waals surface area contributed by atoms with E-state index < -0.39 is 6.29 Å². The fraction of sp³-hybridized carbons (Fsp3) is 0.111. The van der Waals surface area contributed by atoms with Crippen LogP contribution in [0.5, 0.6) is 0 Å². The topological polar surface area (TPSA) is 18.5 Å². The molecule has 0 aliphatic carbocycles. The molecular weight excluding hydrogens is 211 g/mol. The normalized spacial score (nSPS) is 15.5. The molecule has 1 aliphatic heterocycles. The minimum atomic E-state index is -0.440. The van der Waals surface area contributed by atoms with Gasteiger partial charge in [0.25, 0.3) is 6.29 Å². The highest BCUT2D eigenvalue weighted by Gasteiger charge is 2.18. The summed E-state index contributed by atoms with van der Waals surface area (Å²) < 4.78 is 10.3. The van der Waals surface area contributed by atoms with Gasteiger partial charge in [0.15, 0.2) is 0 Å². The van der Waals surface area contributed by atoms with Crippen LogP contribution >= 0.6 is 23.2 Å². The molecule has 0 atom stereocenters. The Morgan fingerprint density at radius 3 is 2.38 bits per heavy atom. The summed E-state index contributed by atoms with van der Waals surface area (Å²) in [5, 5.41) is 1.14. The van der Waals surface area contributed by atoms with Gasteiger partial charge in [-0.2, -0.15) is 0 Å². The van der Waals surface area contributed by atoms with Gasteiger partial charge in [-0.3, -0.25) is 0 Å². The first-order chi connectivity index (χ1) is 6.27. The van der Waals surface area contributed by atoms with Gasteiger partial charge < -0.3 is 9.47 Å². The lowest BCUT2D eigenvalue weighted by molar-refractivity contribution is -0.0245. The zero-order valence-electron chi connectivity index (χ0n) is 6.54. The molecule has 0 bridgehead atoms. The maximum Gasteiger partial charge on any atom is 0.267 e. The van der Waals surface area contributed by atoms with E-state index in [2.05, 4.69) is 0 Å². The maximum absolute atomic E-state index is 5.94. The van der Waals surface area contributed by atoms with Crippen LogP contribution in [0.1, 0.15) is 11.9 Å². The minimum absolute atomic E-state index is 0.440. The Morgan fingerprint density at radius 1 is 1.08 bits per heavy atom. The van der Waals surface area contributed by atoms with Crippen LogP contribution in [0.2, 0.25) is 10.0 Å². The molecule has 1 aromatic rings. The van der Waals surface area contributed by atoms with Crippen molar-refractivity contribution in [1.82, 2.24) is 0 Å². The van der Waals surface area contributed by atoms with Crippen LogP contribution in [0, 0.1) is 0 Å². The summed E-state index contributed by atoms with van der Waals surface area (Å²) >= 11 is 11.7. The van der Waals surface area contributed by atoms with Crippen LogP contribution in [0.4, 0.5) is 0 Å². The van der Waals surface area contributed by atoms with Crippen molar-refractivity contribution >= 4 is 23.2 Å². The summed E-state index contributed by atoms with van der Waals surface area (Å²) in [5.74, 6) is 0. The van der Waals surface area contributed by atoms with Crippen molar-refractivity contribution in [3.8, 4) is 0 Å². The van der Waals surface area contributed by atoms with Gasteiger partial charge >= 0.3 is 0 Å². The van der Waals surface area contributed by atoms with Gasteiger partial charge in [-0.25, -0.2) is 0 Å². The lowest BCUT2D eigenvalue weighted by atomic mass is 10.2. The van der Waals surface area contributed by atoms with Crippen LogP contribution in [-0.2, 0) is 9.47 Å². The molecule has 0 saturated heterocycles. The van der Waals surface area contributed by atoms with Crippen molar-refractivity contribution < 1.29 is 9.47 Å². The zero-order valence-corrected chi connectivity index (χ0v) is 8.05. The molecule has 0 radical (unpaired) electrons. The Balaban J connectivity index is 2.30. The van der Waals surface area contributed by atoms with Gasteiger partial charge in [0.2, 0.25) is 0 Å². The quantitative estimate of drug-likeness (QED) is 0.716. The van der Waals surface area contributed by atoms with Crippen LogP contribution in [0.15, 0.2) is 30.7 Å². The second-order valence-corrected chi connectivity index (χ2v) is 3.39. The average Bonchev–Trinajstić information content (AvgIpc) is 2.56. The van der Waals surface area contributed by atoms with E-state index in [-0.39, 0.29) is 0 Å². The molecule has 2 rings (SSSR count). The van der Waals surface area contributed by atoms with Crippen molar-refractivity contribution in [3.05, 3.63) is 46.3 Å². The lowest BCUT2D eigenvalue weighted by Crippen LogP contribution is -1.98. The van der Waals surface area contributed by atoms with Crippen LogP contribution in [0.3, 0.4) is 0 Å². The Labute approximate surface area is 85.7 Å². The van der Waals surface area contributed by atoms with Crippen molar-refractivity contribution in [2.75, 3.05) is 0 Å². The molecule has 1 heterocycles. The van der Waals surface area contributed by atoms with Gasteiger partial charge in [0.05, 0.1) is 10.6 Å². The zero-order chi connectivity index (χ0) is 9.26. The summed E-state index contributed by atoms with van der Waals surface area (Å²) in [6.45, 7) is 0. The molecule has 0 unspecified atom stereocenters. The molecule has 4 heteroatoms. The summed E-state index contributed by atoms with van der Waals surface area (Å²) in [4.78, 5) is 0. The number of rotatable bonds is 1.